The zero-order valence-electron chi connectivity index (χ0n) is 12.5. The van der Waals surface area contributed by atoms with E-state index in [2.05, 4.69) is 24.3 Å². The molecule has 0 aromatic heterocycles. The number of benzene rings is 2. The Kier molecular flexibility index (Phi) is 6.04. The van der Waals surface area contributed by atoms with E-state index in [0.717, 1.165) is 24.1 Å². The average Bonchev–Trinajstić information content (AvgIpc) is 2.56. The van der Waals surface area contributed by atoms with Gasteiger partial charge in [-0.2, -0.15) is 0 Å². The van der Waals surface area contributed by atoms with Crippen LogP contribution < -0.4 is 20.1 Å². The first-order chi connectivity index (χ1) is 10.3. The van der Waals surface area contributed by atoms with Crippen molar-refractivity contribution in [2.45, 2.75) is 6.42 Å². The number of aliphatic hydroxyl groups excluding tert-OH is 1. The lowest BCUT2D eigenvalue weighted by molar-refractivity contribution is 0.296. The van der Waals surface area contributed by atoms with Crippen LogP contribution in [0, 0.1) is 0 Å². The molecule has 0 aliphatic rings. The van der Waals surface area contributed by atoms with Gasteiger partial charge in [0.25, 0.3) is 0 Å². The summed E-state index contributed by atoms with van der Waals surface area (Å²) in [6, 6.07) is 16.4. The molecule has 0 unspecified atom stereocenters. The molecule has 0 saturated heterocycles. The smallest absolute Gasteiger partial charge is 0.118 e. The maximum Gasteiger partial charge on any atom is 0.118 e. The van der Waals surface area contributed by atoms with Crippen molar-refractivity contribution in [3.8, 4) is 11.5 Å². The second-order valence-electron chi connectivity index (χ2n) is 4.62. The van der Waals surface area contributed by atoms with Gasteiger partial charge in [0.05, 0.1) is 14.2 Å². The highest BCUT2D eigenvalue weighted by Gasteiger charge is 2.13. The van der Waals surface area contributed by atoms with E-state index in [1.54, 1.807) is 14.2 Å². The Morgan fingerprint density at radius 3 is 1.57 bits per heavy atom. The summed E-state index contributed by atoms with van der Waals surface area (Å²) in [4.78, 5) is 0. The molecule has 0 aliphatic heterocycles. The van der Waals surface area contributed by atoms with Crippen LogP contribution in [0.25, 0.3) is 0 Å². The Morgan fingerprint density at radius 2 is 1.24 bits per heavy atom. The van der Waals surface area contributed by atoms with Crippen molar-refractivity contribution in [1.82, 2.24) is 0 Å². The van der Waals surface area contributed by atoms with Gasteiger partial charge >= 0.3 is 0 Å². The Morgan fingerprint density at radius 1 is 0.810 bits per heavy atom. The molecule has 2 aromatic carbocycles. The summed E-state index contributed by atoms with van der Waals surface area (Å²) in [6.45, 7) is 0.227. The molecule has 21 heavy (non-hydrogen) atoms. The molecule has 3 nitrogen and oxygen atoms in total. The van der Waals surface area contributed by atoms with Crippen LogP contribution in [0.5, 0.6) is 11.5 Å². The lowest BCUT2D eigenvalue weighted by Crippen LogP contribution is -2.14. The molecule has 0 atom stereocenters. The lowest BCUT2D eigenvalue weighted by atomic mass is 10.3. The summed E-state index contributed by atoms with van der Waals surface area (Å²) in [5, 5.41) is 11.7. The van der Waals surface area contributed by atoms with Crippen LogP contribution in [-0.4, -0.2) is 32.1 Å². The largest absolute Gasteiger partial charge is 0.497 e. The van der Waals surface area contributed by atoms with Gasteiger partial charge in [0.1, 0.15) is 11.5 Å². The third-order valence-electron chi connectivity index (χ3n) is 3.31. The first kappa shape index (κ1) is 15.8. The quantitative estimate of drug-likeness (QED) is 0.799. The molecule has 0 fully saturated rings. The van der Waals surface area contributed by atoms with E-state index < -0.39 is 7.92 Å². The molecule has 2 aromatic rings. The van der Waals surface area contributed by atoms with Crippen LogP contribution in [0.15, 0.2) is 48.5 Å². The van der Waals surface area contributed by atoms with Gasteiger partial charge in [0, 0.05) is 6.61 Å². The molecule has 0 amide bonds. The molecule has 0 saturated carbocycles. The van der Waals surface area contributed by atoms with Crippen molar-refractivity contribution < 1.29 is 14.6 Å². The van der Waals surface area contributed by atoms with Crippen LogP contribution in [0.1, 0.15) is 6.42 Å². The third kappa shape index (κ3) is 4.20. The van der Waals surface area contributed by atoms with E-state index in [1.807, 2.05) is 24.3 Å². The second-order valence-corrected chi connectivity index (χ2v) is 6.96. The molecular formula is C17H21O3P. The van der Waals surface area contributed by atoms with Crippen LogP contribution in [0.2, 0.25) is 0 Å². The minimum Gasteiger partial charge on any atom is -0.497 e. The summed E-state index contributed by atoms with van der Waals surface area (Å²) < 4.78 is 10.4. The second kappa shape index (κ2) is 8.02. The molecule has 0 radical (unpaired) electrons. The van der Waals surface area contributed by atoms with E-state index in [1.165, 1.54) is 10.6 Å². The number of ether oxygens (including phenoxy) is 2. The number of rotatable bonds is 7. The van der Waals surface area contributed by atoms with E-state index >= 15 is 0 Å². The number of hydrogen-bond donors (Lipinski definition) is 1. The maximum absolute atomic E-state index is 9.14. The topological polar surface area (TPSA) is 38.7 Å². The van der Waals surface area contributed by atoms with Gasteiger partial charge < -0.3 is 14.6 Å². The highest BCUT2D eigenvalue weighted by atomic mass is 31.1. The van der Waals surface area contributed by atoms with Crippen LogP contribution in [0.4, 0.5) is 0 Å². The van der Waals surface area contributed by atoms with Crippen molar-refractivity contribution in [2.24, 2.45) is 0 Å². The van der Waals surface area contributed by atoms with E-state index in [4.69, 9.17) is 14.6 Å². The van der Waals surface area contributed by atoms with Crippen molar-refractivity contribution in [2.75, 3.05) is 27.0 Å². The minimum absolute atomic E-state index is 0.227. The van der Waals surface area contributed by atoms with E-state index in [-0.39, 0.29) is 6.61 Å². The molecule has 0 bridgehead atoms. The van der Waals surface area contributed by atoms with Crippen molar-refractivity contribution in [3.05, 3.63) is 48.5 Å². The molecule has 112 valence electrons. The summed E-state index contributed by atoms with van der Waals surface area (Å²) in [6.07, 6.45) is 1.79. The van der Waals surface area contributed by atoms with Gasteiger partial charge in [-0.15, -0.1) is 0 Å². The van der Waals surface area contributed by atoms with Crippen LogP contribution in [0.3, 0.4) is 0 Å². The molecule has 1 N–H and O–H groups in total. The van der Waals surface area contributed by atoms with Gasteiger partial charge in [-0.1, -0.05) is 24.3 Å². The van der Waals surface area contributed by atoms with E-state index in [0.29, 0.717) is 0 Å². The van der Waals surface area contributed by atoms with E-state index in [9.17, 15) is 0 Å². The summed E-state index contributed by atoms with van der Waals surface area (Å²) in [5.74, 6) is 1.73. The molecule has 0 spiro atoms. The fourth-order valence-electron chi connectivity index (χ4n) is 2.16. The van der Waals surface area contributed by atoms with Gasteiger partial charge in [-0.3, -0.25) is 0 Å². The zero-order valence-corrected chi connectivity index (χ0v) is 13.3. The molecular weight excluding hydrogens is 283 g/mol. The van der Waals surface area contributed by atoms with Gasteiger partial charge in [0.15, 0.2) is 0 Å². The fraction of sp³-hybridized carbons (Fsp3) is 0.294. The Labute approximate surface area is 127 Å². The number of hydrogen-bond acceptors (Lipinski definition) is 3. The molecule has 2 rings (SSSR count). The Balaban J connectivity index is 2.26. The van der Waals surface area contributed by atoms with Crippen molar-refractivity contribution in [3.63, 3.8) is 0 Å². The summed E-state index contributed by atoms with van der Waals surface area (Å²) in [5.41, 5.74) is 0. The SMILES string of the molecule is COc1ccc(P(CCCO)c2ccc(OC)cc2)cc1. The van der Waals surface area contributed by atoms with Gasteiger partial charge in [-0.25, -0.2) is 0 Å². The standard InChI is InChI=1S/C17H21O3P/c1-19-14-4-8-16(9-5-14)21(13-3-12-18)17-10-6-15(20-2)7-11-17/h4-11,18H,3,12-13H2,1-2H3. The van der Waals surface area contributed by atoms with Gasteiger partial charge in [0.2, 0.25) is 0 Å². The first-order valence-electron chi connectivity index (χ1n) is 6.95. The minimum atomic E-state index is -0.463. The fourth-order valence-corrected chi connectivity index (χ4v) is 4.45. The first-order valence-corrected chi connectivity index (χ1v) is 8.47. The number of aliphatic hydroxyl groups is 1. The monoisotopic (exact) mass is 304 g/mol. The normalized spacial score (nSPS) is 10.7. The van der Waals surface area contributed by atoms with Crippen LogP contribution in [-0.2, 0) is 0 Å². The molecule has 4 heteroatoms. The molecule has 0 heterocycles. The van der Waals surface area contributed by atoms with Gasteiger partial charge in [-0.05, 0) is 55.4 Å². The predicted octanol–water partition coefficient (Wildman–Crippen LogP) is 2.52. The average molecular weight is 304 g/mol. The zero-order chi connectivity index (χ0) is 15.1. The third-order valence-corrected chi connectivity index (χ3v) is 5.91. The lowest BCUT2D eigenvalue weighted by Gasteiger charge is -2.19. The number of methoxy groups -OCH3 is 2. The molecule has 0 aliphatic carbocycles. The Bertz CT molecular complexity index is 489. The predicted molar refractivity (Wildman–Crippen MR) is 88.7 cm³/mol. The van der Waals surface area contributed by atoms with Crippen molar-refractivity contribution >= 4 is 18.5 Å². The van der Waals surface area contributed by atoms with Crippen molar-refractivity contribution in [1.29, 1.82) is 0 Å². The van der Waals surface area contributed by atoms with Crippen LogP contribution >= 0.6 is 7.92 Å². The Hall–Kier alpha value is -1.57. The summed E-state index contributed by atoms with van der Waals surface area (Å²) in [7, 11) is 2.88. The summed E-state index contributed by atoms with van der Waals surface area (Å²) >= 11 is 0. The maximum atomic E-state index is 9.14. The highest BCUT2D eigenvalue weighted by molar-refractivity contribution is 7.73. The highest BCUT2D eigenvalue weighted by Crippen LogP contribution is 2.35.